The van der Waals surface area contributed by atoms with E-state index in [2.05, 4.69) is 25.6 Å². The number of carbonyl (C=O) groups is 1. The second-order valence-electron chi connectivity index (χ2n) is 4.82. The molecule has 2 heterocycles. The Balaban J connectivity index is 1.72. The Bertz CT molecular complexity index is 800. The Morgan fingerprint density at radius 1 is 1.22 bits per heavy atom. The molecule has 0 aliphatic heterocycles. The smallest absolute Gasteiger partial charge is 0.307 e. The molecule has 2 aromatic heterocycles. The number of amides is 2. The Hall–Kier alpha value is -3.22. The molecule has 2 N–H and O–H groups in total. The van der Waals surface area contributed by atoms with E-state index >= 15 is 0 Å². The summed E-state index contributed by atoms with van der Waals surface area (Å²) in [5, 5.41) is 5.54. The van der Waals surface area contributed by atoms with Gasteiger partial charge in [-0.2, -0.15) is 0 Å². The van der Waals surface area contributed by atoms with E-state index in [1.54, 1.807) is 29.4 Å². The zero-order chi connectivity index (χ0) is 16.1. The number of nitrogens with one attached hydrogen (secondary N) is 2. The third-order valence-electron chi connectivity index (χ3n) is 3.31. The molecule has 3 rings (SSSR count). The highest BCUT2D eigenvalue weighted by Crippen LogP contribution is 2.16. The van der Waals surface area contributed by atoms with E-state index < -0.39 is 0 Å². The molecule has 0 fully saturated rings. The van der Waals surface area contributed by atoms with Crippen LogP contribution in [0.3, 0.4) is 0 Å². The second kappa shape index (κ2) is 6.69. The van der Waals surface area contributed by atoms with Crippen LogP contribution in [0.4, 0.5) is 16.3 Å². The van der Waals surface area contributed by atoms with Crippen molar-refractivity contribution in [1.29, 1.82) is 0 Å². The van der Waals surface area contributed by atoms with Crippen molar-refractivity contribution >= 4 is 17.5 Å². The monoisotopic (exact) mass is 308 g/mol. The largest absolute Gasteiger partial charge is 0.324 e. The van der Waals surface area contributed by atoms with Gasteiger partial charge in [0.25, 0.3) is 0 Å². The lowest BCUT2D eigenvalue weighted by atomic mass is 10.1. The van der Waals surface area contributed by atoms with E-state index in [1.165, 1.54) is 6.33 Å². The van der Waals surface area contributed by atoms with E-state index in [1.807, 2.05) is 31.2 Å². The quantitative estimate of drug-likeness (QED) is 0.776. The van der Waals surface area contributed by atoms with Gasteiger partial charge in [-0.25, -0.2) is 19.7 Å². The molecular formula is C16H16N6O. The molecule has 0 unspecified atom stereocenters. The Morgan fingerprint density at radius 3 is 2.87 bits per heavy atom. The molecule has 7 heteroatoms. The average molecular weight is 308 g/mol. The van der Waals surface area contributed by atoms with Crippen LogP contribution in [-0.2, 0) is 6.42 Å². The number of hydrogen-bond donors (Lipinski definition) is 2. The number of rotatable bonds is 4. The first-order valence-electron chi connectivity index (χ1n) is 7.22. The van der Waals surface area contributed by atoms with Gasteiger partial charge < -0.3 is 5.32 Å². The lowest BCUT2D eigenvalue weighted by Crippen LogP contribution is -2.21. The third-order valence-corrected chi connectivity index (χ3v) is 3.31. The molecule has 0 aliphatic carbocycles. The zero-order valence-corrected chi connectivity index (χ0v) is 12.6. The first-order chi connectivity index (χ1) is 11.3. The first kappa shape index (κ1) is 14.7. The van der Waals surface area contributed by atoms with Crippen LogP contribution in [-0.4, -0.2) is 25.6 Å². The molecule has 0 spiro atoms. The Labute approximate surface area is 133 Å². The number of nitrogens with zero attached hydrogens (tertiary/aromatic N) is 4. The molecule has 3 aromatic rings. The van der Waals surface area contributed by atoms with E-state index in [-0.39, 0.29) is 6.03 Å². The molecule has 116 valence electrons. The summed E-state index contributed by atoms with van der Waals surface area (Å²) in [6.45, 7) is 2.04. The lowest BCUT2D eigenvalue weighted by Gasteiger charge is -2.11. The van der Waals surface area contributed by atoms with Gasteiger partial charge in [-0.05, 0) is 18.1 Å². The van der Waals surface area contributed by atoms with Crippen LogP contribution >= 0.6 is 0 Å². The highest BCUT2D eigenvalue weighted by atomic mass is 16.2. The molecule has 0 radical (unpaired) electrons. The number of aryl methyl sites for hydroxylation is 1. The summed E-state index contributed by atoms with van der Waals surface area (Å²) in [7, 11) is 0. The number of hydrogen-bond acceptors (Lipinski definition) is 4. The minimum Gasteiger partial charge on any atom is -0.307 e. The Morgan fingerprint density at radius 2 is 2.09 bits per heavy atom. The number of anilines is 2. The predicted molar refractivity (Wildman–Crippen MR) is 87.6 cm³/mol. The summed E-state index contributed by atoms with van der Waals surface area (Å²) >= 11 is 0. The fraction of sp³-hybridized carbons (Fsp3) is 0.125. The fourth-order valence-corrected chi connectivity index (χ4v) is 2.17. The molecular weight excluding hydrogens is 292 g/mol. The summed E-state index contributed by atoms with van der Waals surface area (Å²) in [5.41, 5.74) is 1.86. The second-order valence-corrected chi connectivity index (χ2v) is 4.82. The van der Waals surface area contributed by atoms with Crippen molar-refractivity contribution in [2.75, 3.05) is 10.6 Å². The minimum atomic E-state index is -0.346. The molecule has 0 bridgehead atoms. The van der Waals surface area contributed by atoms with E-state index in [4.69, 9.17) is 0 Å². The standard InChI is InChI=1S/C16H16N6O/c1-2-12-5-3-4-6-13(12)20-16(23)21-14-9-15(19-10-18-14)22-8-7-17-11-22/h3-11H,2H2,1H3,(H2,18,19,20,21,23). The molecule has 0 saturated carbocycles. The van der Waals surface area contributed by atoms with Gasteiger partial charge in [0.15, 0.2) is 0 Å². The van der Waals surface area contributed by atoms with Gasteiger partial charge in [0.1, 0.15) is 24.3 Å². The molecule has 0 saturated heterocycles. The number of benzene rings is 1. The molecule has 1 aromatic carbocycles. The summed E-state index contributed by atoms with van der Waals surface area (Å²) in [4.78, 5) is 24.3. The van der Waals surface area contributed by atoms with Crippen LogP contribution in [0, 0.1) is 0 Å². The van der Waals surface area contributed by atoms with E-state index in [9.17, 15) is 4.79 Å². The van der Waals surface area contributed by atoms with Crippen LogP contribution in [0.2, 0.25) is 0 Å². The molecule has 0 aliphatic rings. The van der Waals surface area contributed by atoms with Gasteiger partial charge in [-0.15, -0.1) is 0 Å². The maximum absolute atomic E-state index is 12.1. The SMILES string of the molecule is CCc1ccccc1NC(=O)Nc1cc(-n2ccnc2)ncn1. The third kappa shape index (κ3) is 3.52. The van der Waals surface area contributed by atoms with Crippen molar-refractivity contribution in [2.24, 2.45) is 0 Å². The maximum Gasteiger partial charge on any atom is 0.324 e. The lowest BCUT2D eigenvalue weighted by molar-refractivity contribution is 0.262. The highest BCUT2D eigenvalue weighted by molar-refractivity contribution is 5.99. The van der Waals surface area contributed by atoms with Crippen molar-refractivity contribution in [2.45, 2.75) is 13.3 Å². The Kier molecular flexibility index (Phi) is 4.28. The van der Waals surface area contributed by atoms with Crippen molar-refractivity contribution in [3.8, 4) is 5.82 Å². The van der Waals surface area contributed by atoms with Gasteiger partial charge in [-0.1, -0.05) is 25.1 Å². The van der Waals surface area contributed by atoms with Gasteiger partial charge in [0.05, 0.1) is 0 Å². The number of urea groups is 1. The number of imidazole rings is 1. The molecule has 2 amide bonds. The summed E-state index contributed by atoms with van der Waals surface area (Å²) in [5.74, 6) is 1.04. The van der Waals surface area contributed by atoms with Crippen LogP contribution in [0.25, 0.3) is 5.82 Å². The summed E-state index contributed by atoms with van der Waals surface area (Å²) in [6, 6.07) is 9.02. The average Bonchev–Trinajstić information content (AvgIpc) is 3.10. The number of carbonyl (C=O) groups excluding carboxylic acids is 1. The normalized spacial score (nSPS) is 10.3. The van der Waals surface area contributed by atoms with Gasteiger partial charge in [0.2, 0.25) is 0 Å². The van der Waals surface area contributed by atoms with E-state index in [0.717, 1.165) is 17.7 Å². The molecule has 7 nitrogen and oxygen atoms in total. The topological polar surface area (TPSA) is 84.7 Å². The minimum absolute atomic E-state index is 0.346. The van der Waals surface area contributed by atoms with Crippen LogP contribution in [0.15, 0.2) is 55.4 Å². The maximum atomic E-state index is 12.1. The van der Waals surface area contributed by atoms with Crippen LogP contribution in [0.5, 0.6) is 0 Å². The molecule has 23 heavy (non-hydrogen) atoms. The predicted octanol–water partition coefficient (Wildman–Crippen LogP) is 2.87. The fourth-order valence-electron chi connectivity index (χ4n) is 2.17. The van der Waals surface area contributed by atoms with Crippen LogP contribution in [0.1, 0.15) is 12.5 Å². The zero-order valence-electron chi connectivity index (χ0n) is 12.6. The van der Waals surface area contributed by atoms with Crippen molar-refractivity contribution in [1.82, 2.24) is 19.5 Å². The number of para-hydroxylation sites is 1. The van der Waals surface area contributed by atoms with Gasteiger partial charge in [0, 0.05) is 24.1 Å². The van der Waals surface area contributed by atoms with Crippen LogP contribution < -0.4 is 10.6 Å². The van der Waals surface area contributed by atoms with Gasteiger partial charge >= 0.3 is 6.03 Å². The van der Waals surface area contributed by atoms with Gasteiger partial charge in [-0.3, -0.25) is 9.88 Å². The number of aromatic nitrogens is 4. The first-order valence-corrected chi connectivity index (χ1v) is 7.22. The van der Waals surface area contributed by atoms with Crippen molar-refractivity contribution < 1.29 is 4.79 Å². The van der Waals surface area contributed by atoms with E-state index in [0.29, 0.717) is 11.6 Å². The molecule has 0 atom stereocenters. The summed E-state index contributed by atoms with van der Waals surface area (Å²) in [6.07, 6.45) is 7.29. The summed E-state index contributed by atoms with van der Waals surface area (Å²) < 4.78 is 1.73. The van der Waals surface area contributed by atoms with Crippen molar-refractivity contribution in [3.05, 3.63) is 60.9 Å². The highest BCUT2D eigenvalue weighted by Gasteiger charge is 2.07. The van der Waals surface area contributed by atoms with Crippen molar-refractivity contribution in [3.63, 3.8) is 0 Å².